The fraction of sp³-hybridized carbons (Fsp3) is 0.300. The van der Waals surface area contributed by atoms with Gasteiger partial charge in [-0.15, -0.1) is 5.10 Å². The molecular formula is C20H20N6O3. The van der Waals surface area contributed by atoms with E-state index in [9.17, 15) is 5.26 Å². The minimum atomic E-state index is -0.387. The zero-order chi connectivity index (χ0) is 20.5. The number of aryl methyl sites for hydroxylation is 2. The Morgan fingerprint density at radius 1 is 1.24 bits per heavy atom. The molecular weight excluding hydrogens is 372 g/mol. The monoisotopic (exact) mass is 392 g/mol. The Balaban J connectivity index is 1.86. The highest BCUT2D eigenvalue weighted by Crippen LogP contribution is 2.35. The second-order valence-electron chi connectivity index (χ2n) is 6.71. The standard InChI is InChI=1S/C20H20N6O3/c1-11-4-5-16-13(8-11)12(2)29-20-18(22)23-10-14(24-20)17-15(9-21)26(3)25-19(17)28-7-6-27-16/h4-5,8,10,12H,6-7H2,1-3H3,(H2,22,23)/t12-/m1/s1. The van der Waals surface area contributed by atoms with Gasteiger partial charge in [0, 0.05) is 12.6 Å². The number of nitriles is 1. The van der Waals surface area contributed by atoms with Crippen LogP contribution in [0.5, 0.6) is 17.5 Å². The summed E-state index contributed by atoms with van der Waals surface area (Å²) in [5.74, 6) is 1.28. The van der Waals surface area contributed by atoms with Gasteiger partial charge in [-0.25, -0.2) is 9.97 Å². The van der Waals surface area contributed by atoms with E-state index in [-0.39, 0.29) is 30.3 Å². The second-order valence-corrected chi connectivity index (χ2v) is 6.71. The molecule has 9 heteroatoms. The van der Waals surface area contributed by atoms with E-state index in [2.05, 4.69) is 21.1 Å². The summed E-state index contributed by atoms with van der Waals surface area (Å²) >= 11 is 0. The van der Waals surface area contributed by atoms with Crippen molar-refractivity contribution in [1.82, 2.24) is 19.7 Å². The third-order valence-corrected chi connectivity index (χ3v) is 4.62. The zero-order valence-electron chi connectivity index (χ0n) is 16.3. The van der Waals surface area contributed by atoms with E-state index in [4.69, 9.17) is 19.9 Å². The van der Waals surface area contributed by atoms with Crippen molar-refractivity contribution in [1.29, 1.82) is 5.26 Å². The van der Waals surface area contributed by atoms with Crippen LogP contribution in [0.1, 0.15) is 29.8 Å². The molecule has 0 amide bonds. The molecule has 1 atom stereocenters. The molecule has 1 aromatic carbocycles. The number of nitrogen functional groups attached to an aromatic ring is 1. The first-order valence-corrected chi connectivity index (χ1v) is 9.10. The van der Waals surface area contributed by atoms with Crippen molar-refractivity contribution in [2.45, 2.75) is 20.0 Å². The molecule has 0 spiro atoms. The van der Waals surface area contributed by atoms with Crippen LogP contribution in [0.25, 0.3) is 11.3 Å². The van der Waals surface area contributed by atoms with Crippen molar-refractivity contribution in [2.75, 3.05) is 18.9 Å². The van der Waals surface area contributed by atoms with E-state index in [0.29, 0.717) is 29.3 Å². The number of benzene rings is 1. The van der Waals surface area contributed by atoms with Gasteiger partial charge in [0.25, 0.3) is 5.88 Å². The lowest BCUT2D eigenvalue weighted by molar-refractivity contribution is 0.192. The van der Waals surface area contributed by atoms with Crippen LogP contribution in [0.15, 0.2) is 24.4 Å². The number of hydrogen-bond acceptors (Lipinski definition) is 8. The van der Waals surface area contributed by atoms with E-state index in [1.807, 2.05) is 32.0 Å². The molecule has 148 valence electrons. The van der Waals surface area contributed by atoms with Gasteiger partial charge in [-0.3, -0.25) is 4.68 Å². The third-order valence-electron chi connectivity index (χ3n) is 4.62. The largest absolute Gasteiger partial charge is 0.490 e. The molecule has 0 saturated carbocycles. The molecule has 2 aromatic heterocycles. The van der Waals surface area contributed by atoms with E-state index in [1.54, 1.807) is 7.05 Å². The molecule has 9 nitrogen and oxygen atoms in total. The van der Waals surface area contributed by atoms with Crippen LogP contribution in [0, 0.1) is 18.3 Å². The highest BCUT2D eigenvalue weighted by Gasteiger charge is 2.24. The lowest BCUT2D eigenvalue weighted by Gasteiger charge is -2.19. The van der Waals surface area contributed by atoms with Crippen molar-refractivity contribution in [3.8, 4) is 34.8 Å². The Kier molecular flexibility index (Phi) is 4.68. The van der Waals surface area contributed by atoms with E-state index in [1.165, 1.54) is 10.9 Å². The number of fused-ring (bicyclic) bond motifs is 5. The van der Waals surface area contributed by atoms with E-state index < -0.39 is 0 Å². The van der Waals surface area contributed by atoms with Crippen molar-refractivity contribution in [3.05, 3.63) is 41.2 Å². The fourth-order valence-electron chi connectivity index (χ4n) is 3.19. The summed E-state index contributed by atoms with van der Waals surface area (Å²) in [5.41, 5.74) is 9.08. The summed E-state index contributed by atoms with van der Waals surface area (Å²) in [6.07, 6.45) is 1.09. The lowest BCUT2D eigenvalue weighted by atomic mass is 10.1. The van der Waals surface area contributed by atoms with E-state index in [0.717, 1.165) is 11.1 Å². The second kappa shape index (κ2) is 7.31. The van der Waals surface area contributed by atoms with Crippen LogP contribution in [0.3, 0.4) is 0 Å². The Morgan fingerprint density at radius 2 is 2.03 bits per heavy atom. The SMILES string of the molecule is Cc1ccc2c(c1)[C@@H](C)Oc1nc(cnc1N)-c1c(nn(C)c1C#N)OCCO2. The topological polar surface area (TPSA) is 121 Å². The predicted molar refractivity (Wildman–Crippen MR) is 105 cm³/mol. The average Bonchev–Trinajstić information content (AvgIpc) is 3.02. The third kappa shape index (κ3) is 3.40. The summed E-state index contributed by atoms with van der Waals surface area (Å²) in [7, 11) is 1.66. The smallest absolute Gasteiger partial charge is 0.258 e. The molecule has 4 rings (SSSR count). The average molecular weight is 392 g/mol. The first kappa shape index (κ1) is 18.6. The number of aromatic nitrogens is 4. The molecule has 0 aliphatic carbocycles. The Bertz CT molecular complexity index is 1120. The number of anilines is 1. The zero-order valence-corrected chi connectivity index (χ0v) is 16.3. The van der Waals surface area contributed by atoms with Crippen molar-refractivity contribution >= 4 is 5.82 Å². The predicted octanol–water partition coefficient (Wildman–Crippen LogP) is 2.55. The summed E-state index contributed by atoms with van der Waals surface area (Å²) in [5, 5.41) is 13.9. The summed E-state index contributed by atoms with van der Waals surface area (Å²) < 4.78 is 19.2. The fourth-order valence-corrected chi connectivity index (χ4v) is 3.19. The van der Waals surface area contributed by atoms with Crippen LogP contribution in [-0.2, 0) is 7.05 Å². The minimum Gasteiger partial charge on any atom is -0.490 e. The maximum atomic E-state index is 9.57. The van der Waals surface area contributed by atoms with Gasteiger partial charge in [0.1, 0.15) is 42.4 Å². The molecule has 29 heavy (non-hydrogen) atoms. The Labute approximate surface area is 167 Å². The maximum absolute atomic E-state index is 9.57. The molecule has 1 aliphatic heterocycles. The molecule has 1 aliphatic rings. The maximum Gasteiger partial charge on any atom is 0.258 e. The van der Waals surface area contributed by atoms with Gasteiger partial charge in [-0.1, -0.05) is 11.6 Å². The van der Waals surface area contributed by atoms with Crippen LogP contribution >= 0.6 is 0 Å². The summed E-state index contributed by atoms with van der Waals surface area (Å²) in [6.45, 7) is 4.43. The molecule has 2 N–H and O–H groups in total. The molecule has 3 heterocycles. The van der Waals surface area contributed by atoms with E-state index >= 15 is 0 Å². The number of nitrogens with two attached hydrogens (primary N) is 1. The summed E-state index contributed by atoms with van der Waals surface area (Å²) in [4.78, 5) is 8.71. The van der Waals surface area contributed by atoms with Gasteiger partial charge >= 0.3 is 0 Å². The number of ether oxygens (including phenoxy) is 3. The minimum absolute atomic E-state index is 0.149. The highest BCUT2D eigenvalue weighted by atomic mass is 16.5. The Morgan fingerprint density at radius 3 is 2.83 bits per heavy atom. The van der Waals surface area contributed by atoms with Gasteiger partial charge < -0.3 is 19.9 Å². The van der Waals surface area contributed by atoms with Crippen LogP contribution < -0.4 is 19.9 Å². The normalized spacial score (nSPS) is 15.7. The number of hydrogen-bond donors (Lipinski definition) is 1. The van der Waals surface area contributed by atoms with Gasteiger partial charge in [0.05, 0.1) is 6.20 Å². The molecule has 0 unspecified atom stereocenters. The summed E-state index contributed by atoms with van der Waals surface area (Å²) in [6, 6.07) is 7.99. The van der Waals surface area contributed by atoms with Gasteiger partial charge in [-0.2, -0.15) is 5.26 Å². The van der Waals surface area contributed by atoms with Crippen LogP contribution in [0.2, 0.25) is 0 Å². The number of nitrogens with zero attached hydrogens (tertiary/aromatic N) is 5. The molecule has 0 radical (unpaired) electrons. The molecule has 0 saturated heterocycles. The molecule has 0 fully saturated rings. The van der Waals surface area contributed by atoms with Gasteiger partial charge in [0.2, 0.25) is 5.88 Å². The molecule has 3 aromatic rings. The van der Waals surface area contributed by atoms with Crippen molar-refractivity contribution in [2.24, 2.45) is 7.05 Å². The van der Waals surface area contributed by atoms with Crippen LogP contribution in [-0.4, -0.2) is 33.0 Å². The van der Waals surface area contributed by atoms with Gasteiger partial charge in [0.15, 0.2) is 11.5 Å². The highest BCUT2D eigenvalue weighted by molar-refractivity contribution is 5.71. The van der Waals surface area contributed by atoms with Crippen molar-refractivity contribution < 1.29 is 14.2 Å². The van der Waals surface area contributed by atoms with Gasteiger partial charge in [-0.05, 0) is 26.0 Å². The first-order valence-electron chi connectivity index (χ1n) is 9.10. The van der Waals surface area contributed by atoms with Crippen molar-refractivity contribution in [3.63, 3.8) is 0 Å². The number of rotatable bonds is 0. The lowest BCUT2D eigenvalue weighted by Crippen LogP contribution is -2.12. The quantitative estimate of drug-likeness (QED) is 0.619. The molecule has 2 bridgehead atoms. The Hall–Kier alpha value is -3.80. The first-order chi connectivity index (χ1) is 14.0. The van der Waals surface area contributed by atoms with Crippen LogP contribution in [0.4, 0.5) is 5.82 Å².